The summed E-state index contributed by atoms with van der Waals surface area (Å²) >= 11 is 3.57. The predicted molar refractivity (Wildman–Crippen MR) is 74.3 cm³/mol. The normalized spacial score (nSPS) is 18.7. The highest BCUT2D eigenvalue weighted by Gasteiger charge is 2.22. The molecule has 0 spiro atoms. The van der Waals surface area contributed by atoms with Gasteiger partial charge < -0.3 is 9.88 Å². The lowest BCUT2D eigenvalue weighted by atomic mass is 10.1. The van der Waals surface area contributed by atoms with Crippen LogP contribution in [0.1, 0.15) is 24.4 Å². The Labute approximate surface area is 115 Å². The van der Waals surface area contributed by atoms with Crippen LogP contribution in [0.15, 0.2) is 22.7 Å². The van der Waals surface area contributed by atoms with E-state index in [-0.39, 0.29) is 6.04 Å². The summed E-state index contributed by atoms with van der Waals surface area (Å²) in [5.41, 5.74) is 2.36. The third-order valence-corrected chi connectivity index (χ3v) is 4.32. The summed E-state index contributed by atoms with van der Waals surface area (Å²) in [6.07, 6.45) is 0. The van der Waals surface area contributed by atoms with E-state index >= 15 is 0 Å². The van der Waals surface area contributed by atoms with Crippen LogP contribution in [-0.2, 0) is 6.54 Å². The fourth-order valence-electron chi connectivity index (χ4n) is 2.39. The lowest BCUT2D eigenvalue weighted by Gasteiger charge is -2.22. The summed E-state index contributed by atoms with van der Waals surface area (Å²) in [5.74, 6) is 1.99. The number of benzene rings is 1. The predicted octanol–water partition coefficient (Wildman–Crippen LogP) is 2.68. The van der Waals surface area contributed by atoms with E-state index in [1.165, 1.54) is 5.56 Å². The standard InChI is InChI=1S/C13H15BrN4/c1-8-10(4-3-5-11(8)14)13-17-16-12-9(2)15-6-7-18(12)13/h3-5,9,15H,6-7H2,1-2H3. The van der Waals surface area contributed by atoms with Gasteiger partial charge in [-0.1, -0.05) is 28.1 Å². The van der Waals surface area contributed by atoms with Gasteiger partial charge in [-0.05, 0) is 25.5 Å². The molecule has 0 saturated heterocycles. The van der Waals surface area contributed by atoms with E-state index in [9.17, 15) is 0 Å². The lowest BCUT2D eigenvalue weighted by molar-refractivity contribution is 0.439. The molecule has 0 radical (unpaired) electrons. The smallest absolute Gasteiger partial charge is 0.164 e. The molecular formula is C13H15BrN4. The largest absolute Gasteiger partial charge is 0.308 e. The first-order valence-corrected chi connectivity index (χ1v) is 6.89. The zero-order valence-electron chi connectivity index (χ0n) is 10.4. The number of hydrogen-bond donors (Lipinski definition) is 1. The van der Waals surface area contributed by atoms with Gasteiger partial charge in [0.2, 0.25) is 0 Å². The monoisotopic (exact) mass is 306 g/mol. The van der Waals surface area contributed by atoms with Crippen molar-refractivity contribution >= 4 is 15.9 Å². The minimum atomic E-state index is 0.271. The van der Waals surface area contributed by atoms with Crippen molar-refractivity contribution in [1.29, 1.82) is 0 Å². The van der Waals surface area contributed by atoms with E-state index in [0.29, 0.717) is 0 Å². The molecule has 1 aliphatic rings. The van der Waals surface area contributed by atoms with E-state index in [4.69, 9.17) is 0 Å². The first-order chi connectivity index (χ1) is 8.68. The Kier molecular flexibility index (Phi) is 2.95. The van der Waals surface area contributed by atoms with E-state index in [1.54, 1.807) is 0 Å². The maximum atomic E-state index is 4.37. The molecule has 1 unspecified atom stereocenters. The minimum absolute atomic E-state index is 0.271. The van der Waals surface area contributed by atoms with Crippen molar-refractivity contribution in [3.05, 3.63) is 34.1 Å². The fourth-order valence-corrected chi connectivity index (χ4v) is 2.76. The summed E-state index contributed by atoms with van der Waals surface area (Å²) < 4.78 is 3.33. The zero-order chi connectivity index (χ0) is 12.7. The highest BCUT2D eigenvalue weighted by molar-refractivity contribution is 9.10. The SMILES string of the molecule is Cc1c(Br)cccc1-c1nnc2n1CCNC2C. The second kappa shape index (κ2) is 4.48. The summed E-state index contributed by atoms with van der Waals surface area (Å²) in [5, 5.41) is 12.1. The molecule has 5 heteroatoms. The molecule has 3 rings (SSSR count). The lowest BCUT2D eigenvalue weighted by Crippen LogP contribution is -2.32. The average Bonchev–Trinajstić information content (AvgIpc) is 2.78. The minimum Gasteiger partial charge on any atom is -0.308 e. The van der Waals surface area contributed by atoms with E-state index in [1.807, 2.05) is 6.07 Å². The molecular weight excluding hydrogens is 292 g/mol. The van der Waals surface area contributed by atoms with E-state index in [2.05, 4.69) is 62.0 Å². The van der Waals surface area contributed by atoms with Crippen molar-refractivity contribution in [2.75, 3.05) is 6.54 Å². The quantitative estimate of drug-likeness (QED) is 0.881. The van der Waals surface area contributed by atoms with Crippen LogP contribution in [0.5, 0.6) is 0 Å². The second-order valence-electron chi connectivity index (χ2n) is 4.62. The van der Waals surface area contributed by atoms with Gasteiger partial charge in [-0.3, -0.25) is 0 Å². The summed E-state index contributed by atoms with van der Waals surface area (Å²) in [6, 6.07) is 6.46. The van der Waals surface area contributed by atoms with Crippen LogP contribution in [0.3, 0.4) is 0 Å². The number of fused-ring (bicyclic) bond motifs is 1. The topological polar surface area (TPSA) is 42.7 Å². The Bertz CT molecular complexity index is 591. The van der Waals surface area contributed by atoms with Gasteiger partial charge in [-0.2, -0.15) is 0 Å². The van der Waals surface area contributed by atoms with Gasteiger partial charge in [0.15, 0.2) is 5.82 Å². The number of nitrogens with one attached hydrogen (secondary N) is 1. The molecule has 94 valence electrons. The molecule has 1 aromatic carbocycles. The second-order valence-corrected chi connectivity index (χ2v) is 5.48. The van der Waals surface area contributed by atoms with Gasteiger partial charge in [-0.25, -0.2) is 0 Å². The van der Waals surface area contributed by atoms with Crippen LogP contribution >= 0.6 is 15.9 Å². The Morgan fingerprint density at radius 1 is 1.39 bits per heavy atom. The van der Waals surface area contributed by atoms with Crippen LogP contribution in [-0.4, -0.2) is 21.3 Å². The summed E-state index contributed by atoms with van der Waals surface area (Å²) in [4.78, 5) is 0. The molecule has 0 bridgehead atoms. The van der Waals surface area contributed by atoms with Crippen molar-refractivity contribution in [2.45, 2.75) is 26.4 Å². The molecule has 0 fully saturated rings. The van der Waals surface area contributed by atoms with Gasteiger partial charge in [0.25, 0.3) is 0 Å². The first-order valence-electron chi connectivity index (χ1n) is 6.10. The molecule has 1 atom stereocenters. The number of hydrogen-bond acceptors (Lipinski definition) is 3. The van der Waals surface area contributed by atoms with E-state index in [0.717, 1.165) is 34.8 Å². The number of aromatic nitrogens is 3. The van der Waals surface area contributed by atoms with Gasteiger partial charge in [-0.15, -0.1) is 10.2 Å². The van der Waals surface area contributed by atoms with Crippen molar-refractivity contribution in [3.63, 3.8) is 0 Å². The van der Waals surface area contributed by atoms with Gasteiger partial charge >= 0.3 is 0 Å². The molecule has 2 heterocycles. The number of nitrogens with zero attached hydrogens (tertiary/aromatic N) is 3. The third kappa shape index (κ3) is 1.78. The highest BCUT2D eigenvalue weighted by atomic mass is 79.9. The highest BCUT2D eigenvalue weighted by Crippen LogP contribution is 2.29. The summed E-state index contributed by atoms with van der Waals surface area (Å²) in [7, 11) is 0. The Hall–Kier alpha value is -1.20. The summed E-state index contributed by atoms with van der Waals surface area (Å²) in [6.45, 7) is 6.11. The molecule has 0 amide bonds. The van der Waals surface area contributed by atoms with Crippen molar-refractivity contribution in [3.8, 4) is 11.4 Å². The van der Waals surface area contributed by atoms with Gasteiger partial charge in [0.1, 0.15) is 5.82 Å². The molecule has 0 aliphatic carbocycles. The first kappa shape index (κ1) is 11.9. The van der Waals surface area contributed by atoms with Crippen LogP contribution in [0.4, 0.5) is 0 Å². The van der Waals surface area contributed by atoms with Gasteiger partial charge in [0.05, 0.1) is 6.04 Å². The molecule has 1 aromatic heterocycles. The van der Waals surface area contributed by atoms with Crippen molar-refractivity contribution in [2.24, 2.45) is 0 Å². The molecule has 2 aromatic rings. The Balaban J connectivity index is 2.16. The van der Waals surface area contributed by atoms with Crippen LogP contribution in [0.25, 0.3) is 11.4 Å². The zero-order valence-corrected chi connectivity index (χ0v) is 12.0. The molecule has 4 nitrogen and oxygen atoms in total. The Morgan fingerprint density at radius 2 is 2.22 bits per heavy atom. The van der Waals surface area contributed by atoms with Crippen molar-refractivity contribution in [1.82, 2.24) is 20.1 Å². The third-order valence-electron chi connectivity index (χ3n) is 3.46. The number of halogens is 1. The maximum Gasteiger partial charge on any atom is 0.164 e. The molecule has 18 heavy (non-hydrogen) atoms. The van der Waals surface area contributed by atoms with Crippen molar-refractivity contribution < 1.29 is 0 Å². The van der Waals surface area contributed by atoms with Crippen LogP contribution in [0.2, 0.25) is 0 Å². The molecule has 1 aliphatic heterocycles. The number of rotatable bonds is 1. The maximum absolute atomic E-state index is 4.37. The van der Waals surface area contributed by atoms with Crippen LogP contribution in [0, 0.1) is 6.92 Å². The fraction of sp³-hybridized carbons (Fsp3) is 0.385. The van der Waals surface area contributed by atoms with Crippen LogP contribution < -0.4 is 5.32 Å². The molecule has 1 N–H and O–H groups in total. The van der Waals surface area contributed by atoms with E-state index < -0.39 is 0 Å². The molecule has 0 saturated carbocycles. The average molecular weight is 307 g/mol. The Morgan fingerprint density at radius 3 is 3.06 bits per heavy atom. The van der Waals surface area contributed by atoms with Gasteiger partial charge in [0, 0.05) is 23.1 Å².